The number of nitrogens with zero attached hydrogens (tertiary/aromatic N) is 3. The predicted molar refractivity (Wildman–Crippen MR) is 60.4 cm³/mol. The third-order valence-electron chi connectivity index (χ3n) is 2.25. The van der Waals surface area contributed by atoms with Crippen LogP contribution in [0.3, 0.4) is 0 Å². The van der Waals surface area contributed by atoms with E-state index in [0.717, 1.165) is 11.1 Å². The van der Waals surface area contributed by atoms with Crippen LogP contribution < -0.4 is 5.32 Å². The maximum Gasteiger partial charge on any atom is 0.296 e. The van der Waals surface area contributed by atoms with Crippen molar-refractivity contribution in [3.63, 3.8) is 0 Å². The van der Waals surface area contributed by atoms with Crippen LogP contribution in [0.15, 0.2) is 33.2 Å². The summed E-state index contributed by atoms with van der Waals surface area (Å²) in [4.78, 5) is 8.34. The highest BCUT2D eigenvalue weighted by Gasteiger charge is 2.06. The molecule has 0 aliphatic heterocycles. The number of fused-ring (bicyclic) bond motifs is 1. The predicted octanol–water partition coefficient (Wildman–Crippen LogP) is 2.13. The second-order valence-electron chi connectivity index (χ2n) is 3.58. The Bertz CT molecular complexity index is 611. The number of nitrogens with one attached hydrogen (secondary N) is 1. The largest absolute Gasteiger partial charge is 0.424 e. The Morgan fingerprint density at radius 2 is 2.12 bits per heavy atom. The van der Waals surface area contributed by atoms with E-state index in [2.05, 4.69) is 20.4 Å². The zero-order chi connectivity index (χ0) is 11.7. The minimum Gasteiger partial charge on any atom is -0.424 e. The first-order valence-corrected chi connectivity index (χ1v) is 5.20. The molecule has 2 aromatic heterocycles. The number of hydrogen-bond donors (Lipinski definition) is 1. The lowest BCUT2D eigenvalue weighted by atomic mass is 10.3. The zero-order valence-corrected chi connectivity index (χ0v) is 9.17. The van der Waals surface area contributed by atoms with E-state index in [1.54, 1.807) is 6.92 Å². The summed E-state index contributed by atoms with van der Waals surface area (Å²) in [6.45, 7) is 2.17. The number of anilines is 1. The van der Waals surface area contributed by atoms with E-state index >= 15 is 0 Å². The molecule has 0 aliphatic rings. The van der Waals surface area contributed by atoms with Gasteiger partial charge < -0.3 is 14.3 Å². The van der Waals surface area contributed by atoms with Gasteiger partial charge in [-0.1, -0.05) is 17.3 Å². The standard InChI is InChI=1S/C11H10N4O2/c1-7-13-10(17-15-7)6-12-11-14-8-4-2-3-5-9(8)16-11/h2-5H,6H2,1H3,(H,12,14). The topological polar surface area (TPSA) is 77.0 Å². The van der Waals surface area contributed by atoms with Crippen molar-refractivity contribution in [1.29, 1.82) is 0 Å². The highest BCUT2D eigenvalue weighted by Crippen LogP contribution is 2.18. The van der Waals surface area contributed by atoms with Crippen LogP contribution in [0.25, 0.3) is 11.1 Å². The average Bonchev–Trinajstić information content (AvgIpc) is 2.91. The number of rotatable bonds is 3. The van der Waals surface area contributed by atoms with Crippen LogP contribution in [0.1, 0.15) is 11.7 Å². The van der Waals surface area contributed by atoms with Crippen molar-refractivity contribution in [1.82, 2.24) is 15.1 Å². The maximum absolute atomic E-state index is 5.48. The fourth-order valence-corrected chi connectivity index (χ4v) is 1.51. The quantitative estimate of drug-likeness (QED) is 0.742. The van der Waals surface area contributed by atoms with Gasteiger partial charge in [-0.3, -0.25) is 0 Å². The molecule has 0 atom stereocenters. The molecule has 1 aromatic carbocycles. The van der Waals surface area contributed by atoms with Gasteiger partial charge in [0.15, 0.2) is 11.4 Å². The monoisotopic (exact) mass is 230 g/mol. The highest BCUT2D eigenvalue weighted by molar-refractivity contribution is 5.74. The Labute approximate surface area is 96.6 Å². The molecule has 0 saturated carbocycles. The molecule has 0 spiro atoms. The molecule has 0 aliphatic carbocycles. The van der Waals surface area contributed by atoms with Crippen LogP contribution in [0.5, 0.6) is 0 Å². The van der Waals surface area contributed by atoms with E-state index in [-0.39, 0.29) is 0 Å². The summed E-state index contributed by atoms with van der Waals surface area (Å²) >= 11 is 0. The minimum atomic E-state index is 0.396. The molecule has 0 amide bonds. The number of hydrogen-bond acceptors (Lipinski definition) is 6. The van der Waals surface area contributed by atoms with Crippen molar-refractivity contribution in [2.75, 3.05) is 5.32 Å². The Kier molecular flexibility index (Phi) is 2.25. The fourth-order valence-electron chi connectivity index (χ4n) is 1.51. The van der Waals surface area contributed by atoms with Crippen molar-refractivity contribution in [2.24, 2.45) is 0 Å². The zero-order valence-electron chi connectivity index (χ0n) is 9.17. The van der Waals surface area contributed by atoms with Gasteiger partial charge in [0.05, 0.1) is 6.54 Å². The molecule has 0 radical (unpaired) electrons. The molecular weight excluding hydrogens is 220 g/mol. The van der Waals surface area contributed by atoms with Crippen molar-refractivity contribution in [3.05, 3.63) is 36.0 Å². The van der Waals surface area contributed by atoms with Gasteiger partial charge in [0.2, 0.25) is 5.89 Å². The average molecular weight is 230 g/mol. The van der Waals surface area contributed by atoms with E-state index in [9.17, 15) is 0 Å². The minimum absolute atomic E-state index is 0.396. The van der Waals surface area contributed by atoms with Crippen molar-refractivity contribution in [2.45, 2.75) is 13.5 Å². The van der Waals surface area contributed by atoms with Gasteiger partial charge in [-0.2, -0.15) is 9.97 Å². The third-order valence-corrected chi connectivity index (χ3v) is 2.25. The molecule has 17 heavy (non-hydrogen) atoms. The fraction of sp³-hybridized carbons (Fsp3) is 0.182. The highest BCUT2D eigenvalue weighted by atomic mass is 16.5. The van der Waals surface area contributed by atoms with Crippen molar-refractivity contribution >= 4 is 17.1 Å². The number of para-hydroxylation sites is 2. The molecule has 0 unspecified atom stereocenters. The molecule has 0 saturated heterocycles. The summed E-state index contributed by atoms with van der Waals surface area (Å²) in [5, 5.41) is 6.68. The van der Waals surface area contributed by atoms with Crippen molar-refractivity contribution in [3.8, 4) is 0 Å². The maximum atomic E-state index is 5.48. The van der Waals surface area contributed by atoms with Crippen LogP contribution in [-0.4, -0.2) is 15.1 Å². The second kappa shape index (κ2) is 3.89. The Morgan fingerprint density at radius 3 is 2.88 bits per heavy atom. The summed E-state index contributed by atoms with van der Waals surface area (Å²) in [7, 11) is 0. The molecule has 1 N–H and O–H groups in total. The van der Waals surface area contributed by atoms with E-state index in [0.29, 0.717) is 24.3 Å². The van der Waals surface area contributed by atoms with E-state index < -0.39 is 0 Å². The van der Waals surface area contributed by atoms with E-state index in [1.807, 2.05) is 24.3 Å². The summed E-state index contributed by atoms with van der Waals surface area (Å²) in [6.07, 6.45) is 0. The van der Waals surface area contributed by atoms with Gasteiger partial charge in [0, 0.05) is 0 Å². The molecule has 3 aromatic rings. The molecule has 6 nitrogen and oxygen atoms in total. The second-order valence-corrected chi connectivity index (χ2v) is 3.58. The molecule has 0 fully saturated rings. The third kappa shape index (κ3) is 1.96. The van der Waals surface area contributed by atoms with Gasteiger partial charge in [-0.05, 0) is 19.1 Å². The van der Waals surface area contributed by atoms with Gasteiger partial charge in [0.25, 0.3) is 6.01 Å². The first-order chi connectivity index (χ1) is 8.31. The Balaban J connectivity index is 1.76. The van der Waals surface area contributed by atoms with E-state index in [1.165, 1.54) is 0 Å². The Hall–Kier alpha value is -2.37. The van der Waals surface area contributed by atoms with Crippen LogP contribution in [0, 0.1) is 6.92 Å². The molecule has 6 heteroatoms. The van der Waals surface area contributed by atoms with Gasteiger partial charge in [-0.25, -0.2) is 0 Å². The lowest BCUT2D eigenvalue weighted by molar-refractivity contribution is 0.378. The number of aryl methyl sites for hydroxylation is 1. The lowest BCUT2D eigenvalue weighted by Crippen LogP contribution is -1.99. The number of benzene rings is 1. The smallest absolute Gasteiger partial charge is 0.296 e. The van der Waals surface area contributed by atoms with Crippen molar-refractivity contribution < 1.29 is 8.94 Å². The first kappa shape index (κ1) is 9.83. The number of aromatic nitrogens is 3. The SMILES string of the molecule is Cc1noc(CNc2nc3ccccc3o2)n1. The molecule has 86 valence electrons. The molecule has 2 heterocycles. The number of oxazole rings is 1. The van der Waals surface area contributed by atoms with Gasteiger partial charge in [-0.15, -0.1) is 0 Å². The summed E-state index contributed by atoms with van der Waals surface area (Å²) in [6, 6.07) is 8.02. The lowest BCUT2D eigenvalue weighted by Gasteiger charge is -1.94. The van der Waals surface area contributed by atoms with E-state index in [4.69, 9.17) is 8.94 Å². The summed E-state index contributed by atoms with van der Waals surface area (Å²) in [5.74, 6) is 1.11. The van der Waals surface area contributed by atoms with Gasteiger partial charge >= 0.3 is 0 Å². The molecule has 3 rings (SSSR count). The van der Waals surface area contributed by atoms with Gasteiger partial charge in [0.1, 0.15) is 5.52 Å². The summed E-state index contributed by atoms with van der Waals surface area (Å²) in [5.41, 5.74) is 1.56. The molecular formula is C11H10N4O2. The normalized spacial score (nSPS) is 10.9. The van der Waals surface area contributed by atoms with Crippen LogP contribution in [-0.2, 0) is 6.54 Å². The first-order valence-electron chi connectivity index (χ1n) is 5.20. The van der Waals surface area contributed by atoms with Crippen LogP contribution in [0.4, 0.5) is 6.01 Å². The summed E-state index contributed by atoms with van der Waals surface area (Å²) < 4.78 is 10.5. The van der Waals surface area contributed by atoms with Crippen LogP contribution >= 0.6 is 0 Å². The Morgan fingerprint density at radius 1 is 1.24 bits per heavy atom. The molecule has 0 bridgehead atoms. The van der Waals surface area contributed by atoms with Crippen LogP contribution in [0.2, 0.25) is 0 Å².